The van der Waals surface area contributed by atoms with Crippen LogP contribution in [-0.4, -0.2) is 14.7 Å². The molecule has 1 saturated carbocycles. The molecule has 110 valence electrons. The summed E-state index contributed by atoms with van der Waals surface area (Å²) < 4.78 is 30.2. The quantitative estimate of drug-likeness (QED) is 0.771. The molecule has 1 unspecified atom stereocenters. The van der Waals surface area contributed by atoms with Crippen molar-refractivity contribution in [2.75, 3.05) is 0 Å². The van der Waals surface area contributed by atoms with E-state index in [0.717, 1.165) is 12.0 Å². The van der Waals surface area contributed by atoms with Gasteiger partial charge in [-0.05, 0) is 58.4 Å². The van der Waals surface area contributed by atoms with Crippen molar-refractivity contribution in [1.29, 1.82) is 0 Å². The van der Waals surface area contributed by atoms with E-state index >= 15 is 0 Å². The minimum absolute atomic E-state index is 0.202. The number of rotatable bonds is 4. The fourth-order valence-corrected chi connectivity index (χ4v) is 2.58. The second-order valence-corrected chi connectivity index (χ2v) is 8.37. The maximum absolute atomic E-state index is 14.5. The number of hydrogen-bond acceptors (Lipinski definition) is 1. The lowest BCUT2D eigenvalue weighted by Crippen LogP contribution is -2.21. The fraction of sp³-hybridized carbons (Fsp3) is 0.562. The Morgan fingerprint density at radius 1 is 1.40 bits per heavy atom. The van der Waals surface area contributed by atoms with Gasteiger partial charge in [0.05, 0.1) is 10.5 Å². The molecule has 1 aliphatic rings. The summed E-state index contributed by atoms with van der Waals surface area (Å²) in [5.41, 5.74) is 1.73. The van der Waals surface area contributed by atoms with Crippen LogP contribution in [0.15, 0.2) is 22.6 Å². The van der Waals surface area contributed by atoms with Gasteiger partial charge in [0.1, 0.15) is 16.8 Å². The Labute approximate surface area is 123 Å². The molecule has 20 heavy (non-hydrogen) atoms. The molecule has 0 aliphatic heterocycles. The molecule has 0 saturated heterocycles. The first kappa shape index (κ1) is 15.4. The third-order valence-electron chi connectivity index (χ3n) is 3.42. The summed E-state index contributed by atoms with van der Waals surface area (Å²) in [4.78, 5) is 0. The van der Waals surface area contributed by atoms with Crippen molar-refractivity contribution in [3.05, 3.63) is 35.1 Å². The summed E-state index contributed by atoms with van der Waals surface area (Å²) in [5.74, 6) is 0.437. The van der Waals surface area contributed by atoms with Gasteiger partial charge >= 0.3 is 0 Å². The molecule has 0 amide bonds. The van der Waals surface area contributed by atoms with Crippen LogP contribution in [0.3, 0.4) is 0 Å². The van der Waals surface area contributed by atoms with Gasteiger partial charge in [-0.2, -0.15) is 4.40 Å². The first-order chi connectivity index (χ1) is 9.29. The second-order valence-electron chi connectivity index (χ2n) is 6.46. The zero-order chi connectivity index (χ0) is 14.9. The average molecular weight is 295 g/mol. The predicted molar refractivity (Wildman–Crippen MR) is 82.9 cm³/mol. The minimum Gasteiger partial charge on any atom is -0.234 e. The largest absolute Gasteiger partial charge is 0.234 e. The standard InChI is InChI=1S/C16H22FNOS/c1-11(18-20(19)16(2,3)4)14-7-5-6-13(15(14)17)10-12-8-9-12/h5-7,12H,8-10H2,1-4H3. The molecule has 1 fully saturated rings. The summed E-state index contributed by atoms with van der Waals surface area (Å²) in [7, 11) is -1.36. The summed E-state index contributed by atoms with van der Waals surface area (Å²) in [5, 5.41) is 0. The predicted octanol–water partition coefficient (Wildman–Crippen LogP) is 4.05. The van der Waals surface area contributed by atoms with E-state index in [1.165, 1.54) is 12.8 Å². The monoisotopic (exact) mass is 295 g/mol. The Bertz CT molecular complexity index is 556. The Morgan fingerprint density at radius 3 is 2.60 bits per heavy atom. The molecule has 0 spiro atoms. The number of nitrogens with zero attached hydrogens (tertiary/aromatic N) is 1. The highest BCUT2D eigenvalue weighted by Gasteiger charge is 2.24. The number of benzene rings is 1. The van der Waals surface area contributed by atoms with E-state index in [2.05, 4.69) is 4.40 Å². The molecule has 0 heterocycles. The third kappa shape index (κ3) is 3.75. The molecule has 0 bridgehead atoms. The maximum Gasteiger partial charge on any atom is 0.145 e. The van der Waals surface area contributed by atoms with Crippen molar-refractivity contribution in [3.8, 4) is 0 Å². The molecule has 1 atom stereocenters. The lowest BCUT2D eigenvalue weighted by molar-refractivity contribution is 0.599. The fourth-order valence-electron chi connectivity index (χ4n) is 1.96. The van der Waals surface area contributed by atoms with Gasteiger partial charge < -0.3 is 0 Å². The maximum atomic E-state index is 14.5. The highest BCUT2D eigenvalue weighted by molar-refractivity contribution is 7.85. The molecule has 2 rings (SSSR count). The van der Waals surface area contributed by atoms with Crippen LogP contribution in [0.25, 0.3) is 0 Å². The van der Waals surface area contributed by atoms with E-state index in [1.807, 2.05) is 32.9 Å². The van der Waals surface area contributed by atoms with Crippen LogP contribution in [0, 0.1) is 11.7 Å². The molecule has 0 radical (unpaired) electrons. The third-order valence-corrected chi connectivity index (χ3v) is 4.91. The zero-order valence-corrected chi connectivity index (χ0v) is 13.4. The van der Waals surface area contributed by atoms with Gasteiger partial charge in [0, 0.05) is 5.56 Å². The SMILES string of the molecule is CC(=NS(=O)C(C)(C)C)c1cccc(CC2CC2)c1F. The molecule has 0 N–H and O–H groups in total. The van der Waals surface area contributed by atoms with E-state index in [0.29, 0.717) is 17.2 Å². The topological polar surface area (TPSA) is 29.4 Å². The summed E-state index contributed by atoms with van der Waals surface area (Å²) in [6, 6.07) is 5.41. The lowest BCUT2D eigenvalue weighted by Gasteiger charge is -2.14. The first-order valence-electron chi connectivity index (χ1n) is 7.04. The van der Waals surface area contributed by atoms with Crippen LogP contribution in [0.1, 0.15) is 51.7 Å². The van der Waals surface area contributed by atoms with Crippen molar-refractivity contribution >= 4 is 16.7 Å². The Hall–Kier alpha value is -1.03. The summed E-state index contributed by atoms with van der Waals surface area (Å²) in [6.07, 6.45) is 3.20. The van der Waals surface area contributed by atoms with Crippen molar-refractivity contribution in [2.45, 2.75) is 51.7 Å². The zero-order valence-electron chi connectivity index (χ0n) is 12.6. The Kier molecular flexibility index (Phi) is 4.43. The van der Waals surface area contributed by atoms with Gasteiger partial charge in [0.2, 0.25) is 0 Å². The van der Waals surface area contributed by atoms with Gasteiger partial charge in [-0.15, -0.1) is 0 Å². The second kappa shape index (κ2) is 5.76. The van der Waals surface area contributed by atoms with Gasteiger partial charge in [-0.25, -0.2) is 8.60 Å². The molecule has 1 aromatic carbocycles. The minimum atomic E-state index is -1.36. The van der Waals surface area contributed by atoms with E-state index in [1.54, 1.807) is 13.0 Å². The summed E-state index contributed by atoms with van der Waals surface area (Å²) in [6.45, 7) is 7.31. The molecule has 2 nitrogen and oxygen atoms in total. The van der Waals surface area contributed by atoms with Crippen molar-refractivity contribution in [3.63, 3.8) is 0 Å². The average Bonchev–Trinajstić information content (AvgIpc) is 3.14. The van der Waals surface area contributed by atoms with Gasteiger partial charge in [0.25, 0.3) is 0 Å². The first-order valence-corrected chi connectivity index (χ1v) is 8.14. The number of hydrogen-bond donors (Lipinski definition) is 0. The van der Waals surface area contributed by atoms with Crippen LogP contribution in [0.5, 0.6) is 0 Å². The Balaban J connectivity index is 2.27. The van der Waals surface area contributed by atoms with Crippen LogP contribution in [0.2, 0.25) is 0 Å². The molecule has 1 aliphatic carbocycles. The van der Waals surface area contributed by atoms with Crippen LogP contribution in [0.4, 0.5) is 4.39 Å². The normalized spacial score (nSPS) is 18.1. The van der Waals surface area contributed by atoms with Gasteiger partial charge in [-0.1, -0.05) is 18.2 Å². The molecular weight excluding hydrogens is 273 g/mol. The number of halogens is 1. The van der Waals surface area contributed by atoms with Gasteiger partial charge in [0.15, 0.2) is 0 Å². The smallest absolute Gasteiger partial charge is 0.145 e. The van der Waals surface area contributed by atoms with Gasteiger partial charge in [-0.3, -0.25) is 0 Å². The summed E-state index contributed by atoms with van der Waals surface area (Å²) >= 11 is 0. The van der Waals surface area contributed by atoms with E-state index in [-0.39, 0.29) is 5.82 Å². The van der Waals surface area contributed by atoms with E-state index < -0.39 is 15.7 Å². The van der Waals surface area contributed by atoms with Crippen LogP contribution < -0.4 is 0 Å². The van der Waals surface area contributed by atoms with E-state index in [9.17, 15) is 8.60 Å². The molecule has 4 heteroatoms. The van der Waals surface area contributed by atoms with Crippen LogP contribution in [-0.2, 0) is 17.4 Å². The highest BCUT2D eigenvalue weighted by Crippen LogP contribution is 2.33. The Morgan fingerprint density at radius 2 is 2.05 bits per heavy atom. The van der Waals surface area contributed by atoms with Crippen molar-refractivity contribution in [2.24, 2.45) is 10.3 Å². The molecule has 1 aromatic rings. The van der Waals surface area contributed by atoms with Crippen molar-refractivity contribution in [1.82, 2.24) is 0 Å². The molecular formula is C16H22FNOS. The molecule has 0 aromatic heterocycles. The van der Waals surface area contributed by atoms with E-state index in [4.69, 9.17) is 0 Å². The lowest BCUT2D eigenvalue weighted by atomic mass is 10.0. The highest BCUT2D eigenvalue weighted by atomic mass is 32.2. The van der Waals surface area contributed by atoms with Crippen LogP contribution >= 0.6 is 0 Å². The van der Waals surface area contributed by atoms with Crippen molar-refractivity contribution < 1.29 is 8.60 Å².